The quantitative estimate of drug-likeness (QED) is 0.787. The Balaban J connectivity index is 2.09. The van der Waals surface area contributed by atoms with Gasteiger partial charge in [0.25, 0.3) is 0 Å². The van der Waals surface area contributed by atoms with Crippen molar-refractivity contribution in [2.24, 2.45) is 5.14 Å². The Hall–Kier alpha value is -2.22. The third-order valence-corrected chi connectivity index (χ3v) is 4.41. The van der Waals surface area contributed by atoms with Crippen molar-refractivity contribution in [3.05, 3.63) is 59.4 Å². The number of sulfonamides is 1. The number of hydrogen-bond acceptors (Lipinski definition) is 4. The fourth-order valence-electron chi connectivity index (χ4n) is 2.16. The lowest BCUT2D eigenvalue weighted by Crippen LogP contribution is -2.11. The number of rotatable bonds is 3. The summed E-state index contributed by atoms with van der Waals surface area (Å²) in [6, 6.07) is 13.4. The summed E-state index contributed by atoms with van der Waals surface area (Å²) in [7, 11) is -3.72. The molecule has 0 saturated carbocycles. The highest BCUT2D eigenvalue weighted by molar-refractivity contribution is 7.89. The number of halogens is 1. The van der Waals surface area contributed by atoms with Crippen LogP contribution < -0.4 is 5.14 Å². The van der Waals surface area contributed by atoms with E-state index in [9.17, 15) is 8.42 Å². The first kappa shape index (κ1) is 15.7. The lowest BCUT2D eigenvalue weighted by Gasteiger charge is -2.06. The lowest BCUT2D eigenvalue weighted by molar-refractivity contribution is 0.598. The smallest absolute Gasteiger partial charge is 0.225 e. The molecule has 1 aromatic heterocycles. The summed E-state index contributed by atoms with van der Waals surface area (Å²) in [5.41, 5.74) is 1.54. The zero-order valence-corrected chi connectivity index (χ0v) is 13.7. The zero-order chi connectivity index (χ0) is 16.6. The minimum atomic E-state index is -3.72. The summed E-state index contributed by atoms with van der Waals surface area (Å²) in [6.45, 7) is 1.79. The van der Waals surface area contributed by atoms with Crippen LogP contribution in [0.25, 0.3) is 17.1 Å². The maximum absolute atomic E-state index is 11.3. The van der Waals surface area contributed by atoms with Crippen molar-refractivity contribution < 1.29 is 8.42 Å². The Labute approximate surface area is 138 Å². The second kappa shape index (κ2) is 5.77. The summed E-state index contributed by atoms with van der Waals surface area (Å²) in [5.74, 6) is 1.20. The summed E-state index contributed by atoms with van der Waals surface area (Å²) < 4.78 is 24.4. The first-order valence-corrected chi connectivity index (χ1v) is 8.60. The van der Waals surface area contributed by atoms with E-state index < -0.39 is 10.0 Å². The van der Waals surface area contributed by atoms with Gasteiger partial charge in [-0.05, 0) is 55.5 Å². The zero-order valence-electron chi connectivity index (χ0n) is 12.1. The molecule has 3 rings (SSSR count). The highest BCUT2D eigenvalue weighted by Crippen LogP contribution is 2.23. The van der Waals surface area contributed by atoms with E-state index in [1.54, 1.807) is 35.9 Å². The second-order valence-electron chi connectivity index (χ2n) is 4.94. The van der Waals surface area contributed by atoms with Gasteiger partial charge in [0.05, 0.1) is 10.6 Å². The molecule has 0 saturated heterocycles. The molecule has 0 amide bonds. The highest BCUT2D eigenvalue weighted by atomic mass is 35.5. The van der Waals surface area contributed by atoms with Crippen LogP contribution in [0.5, 0.6) is 0 Å². The molecule has 2 aromatic carbocycles. The van der Waals surface area contributed by atoms with Crippen molar-refractivity contribution in [2.75, 3.05) is 0 Å². The normalized spacial score (nSPS) is 11.6. The highest BCUT2D eigenvalue weighted by Gasteiger charge is 2.13. The monoisotopic (exact) mass is 348 g/mol. The minimum Gasteiger partial charge on any atom is -0.225 e. The first-order valence-electron chi connectivity index (χ1n) is 6.67. The molecule has 118 valence electrons. The number of aryl methyl sites for hydroxylation is 1. The third-order valence-electron chi connectivity index (χ3n) is 3.23. The van der Waals surface area contributed by atoms with Crippen molar-refractivity contribution in [3.8, 4) is 17.1 Å². The molecule has 0 unspecified atom stereocenters. The van der Waals surface area contributed by atoms with Crippen LogP contribution in [0.4, 0.5) is 0 Å². The van der Waals surface area contributed by atoms with Gasteiger partial charge in [0, 0.05) is 10.6 Å². The number of nitrogens with two attached hydrogens (primary N) is 1. The minimum absolute atomic E-state index is 0.0514. The van der Waals surface area contributed by atoms with Crippen molar-refractivity contribution in [1.82, 2.24) is 14.8 Å². The third kappa shape index (κ3) is 3.26. The first-order chi connectivity index (χ1) is 10.8. The van der Waals surface area contributed by atoms with E-state index in [-0.39, 0.29) is 4.90 Å². The summed E-state index contributed by atoms with van der Waals surface area (Å²) in [4.78, 5) is 4.46. The molecule has 3 aromatic rings. The Morgan fingerprint density at radius 2 is 1.65 bits per heavy atom. The van der Waals surface area contributed by atoms with Gasteiger partial charge in [-0.3, -0.25) is 0 Å². The summed E-state index contributed by atoms with van der Waals surface area (Å²) in [6.07, 6.45) is 0. The maximum Gasteiger partial charge on any atom is 0.238 e. The van der Waals surface area contributed by atoms with Gasteiger partial charge in [-0.2, -0.15) is 5.10 Å². The molecule has 0 bridgehead atoms. The van der Waals surface area contributed by atoms with Gasteiger partial charge in [-0.1, -0.05) is 11.6 Å². The number of nitrogens with zero attached hydrogens (tertiary/aromatic N) is 3. The number of benzene rings is 2. The van der Waals surface area contributed by atoms with Crippen LogP contribution in [0.15, 0.2) is 53.4 Å². The standard InChI is InChI=1S/C15H13ClN4O2S/c1-10-18-15(11-2-8-14(9-3-11)23(17,21)22)20(19-10)13-6-4-12(16)5-7-13/h2-9H,1H3,(H2,17,21,22). The van der Waals surface area contributed by atoms with Gasteiger partial charge in [0.15, 0.2) is 5.82 Å². The second-order valence-corrected chi connectivity index (χ2v) is 6.94. The molecule has 0 radical (unpaired) electrons. The molecule has 0 aliphatic heterocycles. The van der Waals surface area contributed by atoms with Gasteiger partial charge >= 0.3 is 0 Å². The van der Waals surface area contributed by atoms with Crippen molar-refractivity contribution in [3.63, 3.8) is 0 Å². The topological polar surface area (TPSA) is 90.9 Å². The molecule has 0 spiro atoms. The van der Waals surface area contributed by atoms with Crippen LogP contribution in [0.3, 0.4) is 0 Å². The molecule has 6 nitrogen and oxygen atoms in total. The number of primary sulfonamides is 1. The van der Waals surface area contributed by atoms with Crippen molar-refractivity contribution >= 4 is 21.6 Å². The van der Waals surface area contributed by atoms with Crippen molar-refractivity contribution in [2.45, 2.75) is 11.8 Å². The molecular weight excluding hydrogens is 336 g/mol. The predicted molar refractivity (Wildman–Crippen MR) is 87.9 cm³/mol. The van der Waals surface area contributed by atoms with Crippen LogP contribution in [-0.4, -0.2) is 23.2 Å². The molecule has 8 heteroatoms. The van der Waals surface area contributed by atoms with Gasteiger partial charge < -0.3 is 0 Å². The summed E-state index contributed by atoms with van der Waals surface area (Å²) in [5, 5.41) is 10.1. The Kier molecular flexibility index (Phi) is 3.93. The van der Waals surface area contributed by atoms with Gasteiger partial charge in [0.1, 0.15) is 5.82 Å². The molecular formula is C15H13ClN4O2S. The van der Waals surface area contributed by atoms with E-state index in [4.69, 9.17) is 16.7 Å². The van der Waals surface area contributed by atoms with E-state index in [0.717, 1.165) is 11.3 Å². The SMILES string of the molecule is Cc1nc(-c2ccc(S(N)(=O)=O)cc2)n(-c2ccc(Cl)cc2)n1. The van der Waals surface area contributed by atoms with Gasteiger partial charge in [0.2, 0.25) is 10.0 Å². The molecule has 0 aliphatic rings. The van der Waals surface area contributed by atoms with Crippen LogP contribution in [-0.2, 0) is 10.0 Å². The number of aromatic nitrogens is 3. The molecule has 23 heavy (non-hydrogen) atoms. The van der Waals surface area contributed by atoms with Gasteiger partial charge in [-0.25, -0.2) is 23.2 Å². The molecule has 0 aliphatic carbocycles. The van der Waals surface area contributed by atoms with Crippen LogP contribution in [0, 0.1) is 6.92 Å². The average molecular weight is 349 g/mol. The predicted octanol–water partition coefficient (Wildman–Crippen LogP) is 2.54. The fourth-order valence-corrected chi connectivity index (χ4v) is 2.80. The largest absolute Gasteiger partial charge is 0.238 e. The number of hydrogen-bond donors (Lipinski definition) is 1. The molecule has 0 fully saturated rings. The summed E-state index contributed by atoms with van der Waals surface area (Å²) >= 11 is 5.91. The van der Waals surface area contributed by atoms with E-state index >= 15 is 0 Å². The Morgan fingerprint density at radius 3 is 2.22 bits per heavy atom. The fraction of sp³-hybridized carbons (Fsp3) is 0.0667. The van der Waals surface area contributed by atoms with Gasteiger partial charge in [-0.15, -0.1) is 0 Å². The lowest BCUT2D eigenvalue weighted by atomic mass is 10.2. The van der Waals surface area contributed by atoms with Crippen LogP contribution >= 0.6 is 11.6 Å². The van der Waals surface area contributed by atoms with Crippen LogP contribution in [0.2, 0.25) is 5.02 Å². The Morgan fingerprint density at radius 1 is 1.04 bits per heavy atom. The van der Waals surface area contributed by atoms with Crippen molar-refractivity contribution in [1.29, 1.82) is 0 Å². The van der Waals surface area contributed by atoms with Crippen LogP contribution in [0.1, 0.15) is 5.82 Å². The van der Waals surface area contributed by atoms with E-state index in [1.807, 2.05) is 12.1 Å². The average Bonchev–Trinajstić information content (AvgIpc) is 2.89. The Bertz CT molecular complexity index is 948. The molecule has 1 heterocycles. The van der Waals surface area contributed by atoms with E-state index in [1.165, 1.54) is 12.1 Å². The molecule has 2 N–H and O–H groups in total. The van der Waals surface area contributed by atoms with E-state index in [2.05, 4.69) is 10.1 Å². The maximum atomic E-state index is 11.3. The molecule has 0 atom stereocenters. The van der Waals surface area contributed by atoms with E-state index in [0.29, 0.717) is 16.7 Å².